The summed E-state index contributed by atoms with van der Waals surface area (Å²) in [7, 11) is -2.03. The summed E-state index contributed by atoms with van der Waals surface area (Å²) in [5.74, 6) is 0. The average Bonchev–Trinajstić information content (AvgIpc) is 2.07. The molecular weight excluding hydrogens is 403 g/mol. The highest BCUT2D eigenvalue weighted by Crippen LogP contribution is 2.38. The first-order valence-corrected chi connectivity index (χ1v) is 10.0. The van der Waals surface area contributed by atoms with Gasteiger partial charge < -0.3 is 0 Å². The predicted octanol–water partition coefficient (Wildman–Crippen LogP) is 5.16. The molecule has 0 unspecified atom stereocenters. The molecule has 0 spiro atoms. The van der Waals surface area contributed by atoms with E-state index in [2.05, 4.69) is 0 Å². The van der Waals surface area contributed by atoms with Gasteiger partial charge in [-0.05, 0) is 33.8 Å². The Morgan fingerprint density at radius 3 is 1.94 bits per heavy atom. The third kappa shape index (κ3) is 3.30. The van der Waals surface area contributed by atoms with Gasteiger partial charge in [-0.25, -0.2) is 0 Å². The highest BCUT2D eigenvalue weighted by molar-refractivity contribution is 14.1. The van der Waals surface area contributed by atoms with Crippen molar-refractivity contribution in [2.45, 2.75) is 25.8 Å². The lowest BCUT2D eigenvalue weighted by molar-refractivity contribution is -0.137. The van der Waals surface area contributed by atoms with E-state index in [1.54, 1.807) is 22.6 Å². The average molecular weight is 413 g/mol. The maximum Gasteiger partial charge on any atom is 0.417 e. The highest BCUT2D eigenvalue weighted by Gasteiger charge is 2.37. The third-order valence-corrected chi connectivity index (χ3v) is 6.48. The number of alkyl halides is 3. The van der Waals surface area contributed by atoms with E-state index in [1.165, 1.54) is 0 Å². The van der Waals surface area contributed by atoms with Gasteiger partial charge in [-0.1, -0.05) is 42.8 Å². The van der Waals surface area contributed by atoms with Crippen LogP contribution in [-0.2, 0) is 6.18 Å². The highest BCUT2D eigenvalue weighted by atomic mass is 127. The first-order chi connectivity index (χ1) is 7.46. The second kappa shape index (κ2) is 4.90. The first kappa shape index (κ1) is 15.6. The molecule has 1 aromatic rings. The van der Waals surface area contributed by atoms with E-state index in [0.717, 1.165) is 6.07 Å². The van der Waals surface area contributed by atoms with Crippen molar-refractivity contribution in [1.29, 1.82) is 0 Å². The maximum atomic E-state index is 12.8. The monoisotopic (exact) mass is 412 g/mol. The molecule has 0 amide bonds. The number of hydrogen-bond donors (Lipinski definition) is 0. The van der Waals surface area contributed by atoms with Crippen LogP contribution in [0.5, 0.6) is 0 Å². The zero-order valence-corrected chi connectivity index (χ0v) is 14.0. The summed E-state index contributed by atoms with van der Waals surface area (Å²) in [5, 5.41) is 0.574. The lowest BCUT2D eigenvalue weighted by Crippen LogP contribution is -2.40. The van der Waals surface area contributed by atoms with Gasteiger partial charge in [-0.3, -0.25) is 0 Å². The van der Waals surface area contributed by atoms with Crippen LogP contribution >= 0.6 is 45.8 Å². The van der Waals surface area contributed by atoms with E-state index in [-0.39, 0.29) is 5.02 Å². The lowest BCUT2D eigenvalue weighted by Gasteiger charge is -2.23. The number of benzene rings is 1. The Balaban J connectivity index is 3.67. The molecule has 1 aromatic carbocycles. The minimum absolute atomic E-state index is 0.248. The van der Waals surface area contributed by atoms with Crippen LogP contribution in [-0.4, -0.2) is 8.07 Å². The van der Waals surface area contributed by atoms with Crippen molar-refractivity contribution in [1.82, 2.24) is 0 Å². The molecule has 7 heteroatoms. The van der Waals surface area contributed by atoms with Crippen LogP contribution in [0.2, 0.25) is 29.7 Å². The van der Waals surface area contributed by atoms with Gasteiger partial charge in [-0.2, -0.15) is 13.2 Å². The minimum Gasteiger partial charge on any atom is -0.166 e. The number of rotatable bonds is 1. The van der Waals surface area contributed by atoms with Crippen LogP contribution in [0.15, 0.2) is 6.07 Å². The van der Waals surface area contributed by atoms with Gasteiger partial charge in [0, 0.05) is 3.57 Å². The number of halogens is 6. The van der Waals surface area contributed by atoms with Gasteiger partial charge in [0.2, 0.25) is 0 Å². The van der Waals surface area contributed by atoms with Gasteiger partial charge in [0.05, 0.1) is 23.7 Å². The molecule has 0 fully saturated rings. The van der Waals surface area contributed by atoms with E-state index in [0.29, 0.717) is 13.8 Å². The van der Waals surface area contributed by atoms with Crippen LogP contribution < -0.4 is 5.19 Å². The molecule has 0 saturated carbocycles. The van der Waals surface area contributed by atoms with Crippen molar-refractivity contribution < 1.29 is 13.2 Å². The molecule has 17 heavy (non-hydrogen) atoms. The number of hydrogen-bond acceptors (Lipinski definition) is 0. The molecule has 96 valence electrons. The topological polar surface area (TPSA) is 0 Å². The molecule has 0 aliphatic heterocycles. The van der Waals surface area contributed by atoms with Crippen molar-refractivity contribution in [2.75, 3.05) is 0 Å². The molecule has 0 saturated heterocycles. The Hall–Kier alpha value is 0.537. The fraction of sp³-hybridized carbons (Fsp3) is 0.400. The lowest BCUT2D eigenvalue weighted by atomic mass is 10.2. The SMILES string of the molecule is C[Si](C)(C)c1c(Cl)c(I)cc(C(F)(F)F)c1Cl. The van der Waals surface area contributed by atoms with Gasteiger partial charge in [0.15, 0.2) is 0 Å². The predicted molar refractivity (Wildman–Crippen MR) is 77.2 cm³/mol. The molecule has 0 N–H and O–H groups in total. The first-order valence-electron chi connectivity index (χ1n) is 4.71. The van der Waals surface area contributed by atoms with Gasteiger partial charge in [0.1, 0.15) is 0 Å². The van der Waals surface area contributed by atoms with E-state index in [4.69, 9.17) is 23.2 Å². The van der Waals surface area contributed by atoms with Crippen molar-refractivity contribution in [3.63, 3.8) is 0 Å². The van der Waals surface area contributed by atoms with Gasteiger partial charge in [0.25, 0.3) is 0 Å². The second-order valence-electron chi connectivity index (χ2n) is 4.66. The van der Waals surface area contributed by atoms with Crippen molar-refractivity contribution >= 4 is 59.1 Å². The van der Waals surface area contributed by atoms with Gasteiger partial charge in [-0.15, -0.1) is 0 Å². The molecule has 0 aliphatic rings. The minimum atomic E-state index is -4.45. The maximum absolute atomic E-state index is 12.8. The molecule has 0 bridgehead atoms. The summed E-state index contributed by atoms with van der Waals surface area (Å²) in [4.78, 5) is 0. The smallest absolute Gasteiger partial charge is 0.166 e. The molecular formula is C10H10Cl2F3ISi. The molecule has 0 heterocycles. The third-order valence-electron chi connectivity index (χ3n) is 2.21. The Kier molecular flexibility index (Phi) is 4.50. The summed E-state index contributed by atoms with van der Waals surface area (Å²) in [6, 6.07) is 0.995. The fourth-order valence-corrected chi connectivity index (χ4v) is 6.04. The molecule has 0 aliphatic carbocycles. The zero-order valence-electron chi connectivity index (χ0n) is 9.35. The quantitative estimate of drug-likeness (QED) is 0.339. The van der Waals surface area contributed by atoms with Crippen molar-refractivity contribution in [2.24, 2.45) is 0 Å². The van der Waals surface area contributed by atoms with Crippen LogP contribution in [0.3, 0.4) is 0 Å². The normalized spacial score (nSPS) is 13.0. The van der Waals surface area contributed by atoms with E-state index < -0.39 is 19.8 Å². The zero-order chi connectivity index (χ0) is 13.6. The van der Waals surface area contributed by atoms with Crippen LogP contribution in [0.4, 0.5) is 13.2 Å². The Bertz CT molecular complexity index is 452. The van der Waals surface area contributed by atoms with Crippen LogP contribution in [0.25, 0.3) is 0 Å². The molecule has 0 aromatic heterocycles. The molecule has 1 rings (SSSR count). The largest absolute Gasteiger partial charge is 0.417 e. The van der Waals surface area contributed by atoms with E-state index in [1.807, 2.05) is 19.6 Å². The van der Waals surface area contributed by atoms with E-state index in [9.17, 15) is 13.2 Å². The Labute approximate surface area is 123 Å². The van der Waals surface area contributed by atoms with Crippen LogP contribution in [0.1, 0.15) is 5.56 Å². The summed E-state index contributed by atoms with van der Waals surface area (Å²) in [5.41, 5.74) is -0.801. The standard InChI is InChI=1S/C10H10Cl2F3ISi/c1-17(2,3)9-7(11)5(10(13,14)15)4-6(16)8(9)12/h4H,1-3H3. The summed E-state index contributed by atoms with van der Waals surface area (Å²) >= 11 is 13.8. The summed E-state index contributed by atoms with van der Waals surface area (Å²) in [6.07, 6.45) is -4.45. The van der Waals surface area contributed by atoms with E-state index >= 15 is 0 Å². The van der Waals surface area contributed by atoms with Crippen molar-refractivity contribution in [3.05, 3.63) is 25.2 Å². The molecule has 0 radical (unpaired) electrons. The van der Waals surface area contributed by atoms with Crippen LogP contribution in [0, 0.1) is 3.57 Å². The Morgan fingerprint density at radius 1 is 1.12 bits per heavy atom. The Morgan fingerprint density at radius 2 is 1.59 bits per heavy atom. The second-order valence-corrected chi connectivity index (χ2v) is 11.6. The van der Waals surface area contributed by atoms with Crippen molar-refractivity contribution in [3.8, 4) is 0 Å². The summed E-state index contributed by atoms with van der Waals surface area (Å²) < 4.78 is 38.8. The summed E-state index contributed by atoms with van der Waals surface area (Å²) in [6.45, 7) is 5.74. The van der Waals surface area contributed by atoms with Gasteiger partial charge >= 0.3 is 6.18 Å². The molecule has 0 nitrogen and oxygen atoms in total. The molecule has 0 atom stereocenters. The fourth-order valence-electron chi connectivity index (χ4n) is 1.47.